The molecule has 0 saturated heterocycles. The molecule has 0 aliphatic rings. The summed E-state index contributed by atoms with van der Waals surface area (Å²) in [5.41, 5.74) is 5.75. The summed E-state index contributed by atoms with van der Waals surface area (Å²) in [5, 5.41) is 0. The molecule has 5 heteroatoms. The summed E-state index contributed by atoms with van der Waals surface area (Å²) in [7, 11) is 2.56. The predicted molar refractivity (Wildman–Crippen MR) is 61.5 cm³/mol. The summed E-state index contributed by atoms with van der Waals surface area (Å²) < 4.78 is 37.0. The maximum absolute atomic E-state index is 13.8. The quantitative estimate of drug-likeness (QED) is 0.782. The Morgan fingerprint density at radius 3 is 2.35 bits per heavy atom. The monoisotopic (exact) mass is 245 g/mol. The van der Waals surface area contributed by atoms with Crippen molar-refractivity contribution in [3.63, 3.8) is 0 Å². The number of unbranched alkanes of at least 4 members (excludes halogenated alkanes) is 1. The van der Waals surface area contributed by atoms with Gasteiger partial charge in [-0.05, 0) is 37.4 Å². The molecule has 3 nitrogen and oxygen atoms in total. The van der Waals surface area contributed by atoms with Crippen molar-refractivity contribution in [3.05, 3.63) is 23.3 Å². The van der Waals surface area contributed by atoms with Crippen LogP contribution in [0.3, 0.4) is 0 Å². The molecule has 96 valence electrons. The lowest BCUT2D eigenvalue weighted by Crippen LogP contribution is -2.03. The molecule has 1 aromatic rings. The van der Waals surface area contributed by atoms with E-state index in [2.05, 4.69) is 0 Å². The van der Waals surface area contributed by atoms with Gasteiger partial charge >= 0.3 is 0 Å². The summed E-state index contributed by atoms with van der Waals surface area (Å²) in [6, 6.07) is 1.36. The summed E-state index contributed by atoms with van der Waals surface area (Å²) >= 11 is 0. The average Bonchev–Trinajstić information content (AvgIpc) is 2.33. The first kappa shape index (κ1) is 13.7. The van der Waals surface area contributed by atoms with Crippen LogP contribution >= 0.6 is 0 Å². The minimum atomic E-state index is -0.810. The molecule has 0 amide bonds. The van der Waals surface area contributed by atoms with Crippen LogP contribution in [0.15, 0.2) is 6.07 Å². The second-order valence-electron chi connectivity index (χ2n) is 3.64. The molecule has 0 aromatic heterocycles. The number of nitrogens with two attached hydrogens (primary N) is 1. The van der Waals surface area contributed by atoms with Gasteiger partial charge in [-0.25, -0.2) is 4.39 Å². The van der Waals surface area contributed by atoms with Gasteiger partial charge in [0.2, 0.25) is 5.82 Å². The van der Waals surface area contributed by atoms with E-state index < -0.39 is 17.4 Å². The van der Waals surface area contributed by atoms with Crippen LogP contribution in [-0.2, 0) is 6.42 Å². The highest BCUT2D eigenvalue weighted by atomic mass is 19.1. The molecule has 1 rings (SSSR count). The number of aryl methyl sites for hydroxylation is 1. The first-order valence-corrected chi connectivity index (χ1v) is 5.44. The lowest BCUT2D eigenvalue weighted by atomic mass is 10.1. The van der Waals surface area contributed by atoms with E-state index in [9.17, 15) is 8.78 Å². The van der Waals surface area contributed by atoms with Gasteiger partial charge in [0.05, 0.1) is 14.2 Å². The molecule has 0 aliphatic carbocycles. The van der Waals surface area contributed by atoms with Crippen molar-refractivity contribution in [2.45, 2.75) is 19.3 Å². The van der Waals surface area contributed by atoms with Crippen molar-refractivity contribution in [2.75, 3.05) is 20.8 Å². The zero-order valence-electron chi connectivity index (χ0n) is 10.1. The second kappa shape index (κ2) is 6.39. The minimum Gasteiger partial charge on any atom is -0.494 e. The van der Waals surface area contributed by atoms with Crippen LogP contribution in [0, 0.1) is 11.6 Å². The molecule has 0 aliphatic heterocycles. The van der Waals surface area contributed by atoms with E-state index >= 15 is 0 Å². The van der Waals surface area contributed by atoms with Crippen molar-refractivity contribution in [2.24, 2.45) is 5.73 Å². The first-order valence-electron chi connectivity index (χ1n) is 5.44. The van der Waals surface area contributed by atoms with Crippen LogP contribution in [0.4, 0.5) is 8.78 Å². The molecule has 0 heterocycles. The maximum atomic E-state index is 13.8. The number of rotatable bonds is 6. The van der Waals surface area contributed by atoms with Gasteiger partial charge in [-0.2, -0.15) is 4.39 Å². The van der Waals surface area contributed by atoms with E-state index in [0.29, 0.717) is 18.5 Å². The Hall–Kier alpha value is -1.36. The normalized spacial score (nSPS) is 10.4. The Morgan fingerprint density at radius 1 is 1.12 bits per heavy atom. The van der Waals surface area contributed by atoms with Gasteiger partial charge in [-0.3, -0.25) is 0 Å². The lowest BCUT2D eigenvalue weighted by molar-refractivity contribution is 0.331. The van der Waals surface area contributed by atoms with Gasteiger partial charge in [0, 0.05) is 0 Å². The molecule has 0 radical (unpaired) electrons. The van der Waals surface area contributed by atoms with Gasteiger partial charge in [-0.1, -0.05) is 0 Å². The van der Waals surface area contributed by atoms with Crippen LogP contribution in [0.25, 0.3) is 0 Å². The number of benzene rings is 1. The van der Waals surface area contributed by atoms with E-state index in [-0.39, 0.29) is 5.75 Å². The zero-order valence-corrected chi connectivity index (χ0v) is 10.1. The molecule has 1 aromatic carbocycles. The third-order valence-corrected chi connectivity index (χ3v) is 2.53. The van der Waals surface area contributed by atoms with Crippen LogP contribution < -0.4 is 15.2 Å². The Balaban J connectivity index is 3.04. The Bertz CT molecular complexity index is 383. The fourth-order valence-electron chi connectivity index (χ4n) is 1.61. The summed E-state index contributed by atoms with van der Waals surface area (Å²) in [6.07, 6.45) is 2.02. The standard InChI is InChI=1S/C12H17F2NO2/c1-16-9-7-8(5-3-4-6-15)10(13)12(17-2)11(9)14/h7H,3-6,15H2,1-2H3. The van der Waals surface area contributed by atoms with Gasteiger partial charge in [0.15, 0.2) is 17.3 Å². The Morgan fingerprint density at radius 2 is 1.82 bits per heavy atom. The fourth-order valence-corrected chi connectivity index (χ4v) is 1.61. The smallest absolute Gasteiger partial charge is 0.209 e. The molecular weight excluding hydrogens is 228 g/mol. The molecule has 0 unspecified atom stereocenters. The molecule has 0 atom stereocenters. The van der Waals surface area contributed by atoms with Gasteiger partial charge < -0.3 is 15.2 Å². The topological polar surface area (TPSA) is 44.5 Å². The van der Waals surface area contributed by atoms with E-state index in [1.54, 1.807) is 0 Å². The van der Waals surface area contributed by atoms with Crippen LogP contribution in [0.2, 0.25) is 0 Å². The predicted octanol–water partition coefficient (Wildman–Crippen LogP) is 2.26. The molecule has 17 heavy (non-hydrogen) atoms. The van der Waals surface area contributed by atoms with Crippen molar-refractivity contribution in [1.29, 1.82) is 0 Å². The first-order chi connectivity index (χ1) is 8.15. The lowest BCUT2D eigenvalue weighted by Gasteiger charge is -2.12. The SMILES string of the molecule is COc1cc(CCCCN)c(F)c(OC)c1F. The van der Waals surface area contributed by atoms with Crippen molar-refractivity contribution in [3.8, 4) is 11.5 Å². The molecule has 0 bridgehead atoms. The number of ether oxygens (including phenoxy) is 2. The van der Waals surface area contributed by atoms with E-state index in [1.807, 2.05) is 0 Å². The molecule has 0 spiro atoms. The highest BCUT2D eigenvalue weighted by molar-refractivity contribution is 5.42. The number of hydrogen-bond donors (Lipinski definition) is 1. The molecular formula is C12H17F2NO2. The summed E-state index contributed by atoms with van der Waals surface area (Å²) in [5.74, 6) is -1.88. The average molecular weight is 245 g/mol. The maximum Gasteiger partial charge on any atom is 0.209 e. The van der Waals surface area contributed by atoms with Gasteiger partial charge in [-0.15, -0.1) is 0 Å². The van der Waals surface area contributed by atoms with E-state index in [0.717, 1.165) is 12.8 Å². The third kappa shape index (κ3) is 3.06. The van der Waals surface area contributed by atoms with Gasteiger partial charge in [0.1, 0.15) is 0 Å². The van der Waals surface area contributed by atoms with E-state index in [1.165, 1.54) is 20.3 Å². The number of halogens is 2. The van der Waals surface area contributed by atoms with Crippen molar-refractivity contribution >= 4 is 0 Å². The second-order valence-corrected chi connectivity index (χ2v) is 3.64. The van der Waals surface area contributed by atoms with Crippen molar-refractivity contribution in [1.82, 2.24) is 0 Å². The highest BCUT2D eigenvalue weighted by Crippen LogP contribution is 2.32. The molecule has 0 fully saturated rings. The highest BCUT2D eigenvalue weighted by Gasteiger charge is 2.19. The molecule has 0 saturated carbocycles. The molecule has 2 N–H and O–H groups in total. The summed E-state index contributed by atoms with van der Waals surface area (Å²) in [6.45, 7) is 0.553. The number of methoxy groups -OCH3 is 2. The van der Waals surface area contributed by atoms with Crippen LogP contribution in [-0.4, -0.2) is 20.8 Å². The number of hydrogen-bond acceptors (Lipinski definition) is 3. The van der Waals surface area contributed by atoms with Crippen LogP contribution in [0.1, 0.15) is 18.4 Å². The van der Waals surface area contributed by atoms with Gasteiger partial charge in [0.25, 0.3) is 0 Å². The Labute approximate surface area is 99.5 Å². The van der Waals surface area contributed by atoms with Crippen LogP contribution in [0.5, 0.6) is 11.5 Å². The van der Waals surface area contributed by atoms with Crippen molar-refractivity contribution < 1.29 is 18.3 Å². The third-order valence-electron chi connectivity index (χ3n) is 2.53. The Kier molecular flexibility index (Phi) is 5.15. The fraction of sp³-hybridized carbons (Fsp3) is 0.500. The largest absolute Gasteiger partial charge is 0.494 e. The zero-order chi connectivity index (χ0) is 12.8. The minimum absolute atomic E-state index is 0.00833. The van der Waals surface area contributed by atoms with E-state index in [4.69, 9.17) is 15.2 Å². The summed E-state index contributed by atoms with van der Waals surface area (Å²) in [4.78, 5) is 0.